The van der Waals surface area contributed by atoms with E-state index in [1.807, 2.05) is 31.2 Å². The van der Waals surface area contributed by atoms with Gasteiger partial charge in [0.1, 0.15) is 15.9 Å². The fourth-order valence-electron chi connectivity index (χ4n) is 4.32. The molecule has 0 saturated carbocycles. The summed E-state index contributed by atoms with van der Waals surface area (Å²) in [5.74, 6) is -0.0180. The number of nitrogens with zero attached hydrogens (tertiary/aromatic N) is 6. The summed E-state index contributed by atoms with van der Waals surface area (Å²) in [5.41, 5.74) is 5.19. The first kappa shape index (κ1) is 19.1. The number of carbonyl (C=O) groups is 1. The van der Waals surface area contributed by atoms with Gasteiger partial charge in [0.05, 0.1) is 40.7 Å². The van der Waals surface area contributed by atoms with Gasteiger partial charge in [-0.2, -0.15) is 5.10 Å². The van der Waals surface area contributed by atoms with Gasteiger partial charge in [0.2, 0.25) is 5.91 Å². The number of imidazole rings is 1. The Morgan fingerprint density at radius 3 is 2.82 bits per heavy atom. The first-order valence-electron chi connectivity index (χ1n) is 10.8. The number of thiophene rings is 1. The van der Waals surface area contributed by atoms with Crippen molar-refractivity contribution in [1.82, 2.24) is 39.7 Å². The van der Waals surface area contributed by atoms with E-state index >= 15 is 0 Å². The molecule has 7 rings (SSSR count). The molecule has 0 aliphatic carbocycles. The number of aromatic nitrogens is 8. The van der Waals surface area contributed by atoms with Gasteiger partial charge in [-0.3, -0.25) is 29.4 Å². The molecule has 7 heterocycles. The number of carbonyl (C=O) groups excluding carboxylic acids is 1. The largest absolute Gasteiger partial charge is 0.335 e. The van der Waals surface area contributed by atoms with Crippen LogP contribution in [-0.2, 0) is 0 Å². The van der Waals surface area contributed by atoms with Crippen LogP contribution >= 0.6 is 11.3 Å². The van der Waals surface area contributed by atoms with Crippen LogP contribution in [-0.4, -0.2) is 45.6 Å². The van der Waals surface area contributed by atoms with E-state index in [1.54, 1.807) is 35.6 Å². The molecular formula is C24H16N8OS. The lowest BCUT2D eigenvalue weighted by molar-refractivity contribution is 0.0918. The van der Waals surface area contributed by atoms with Gasteiger partial charge in [0, 0.05) is 39.7 Å². The average Bonchev–Trinajstić information content (AvgIpc) is 3.61. The summed E-state index contributed by atoms with van der Waals surface area (Å²) >= 11 is 1.51. The SMILES string of the molecule is CCC(=O)n1c2cncc(c2)c2cc3c(cn2)[nH]nc3c2nc3c(cncc3c3ccc1s3)[nH]2. The monoisotopic (exact) mass is 464 g/mol. The Kier molecular flexibility index (Phi) is 3.94. The van der Waals surface area contributed by atoms with Crippen LogP contribution in [0.1, 0.15) is 18.1 Å². The van der Waals surface area contributed by atoms with Crippen molar-refractivity contribution in [3.05, 3.63) is 55.2 Å². The van der Waals surface area contributed by atoms with E-state index in [0.717, 1.165) is 47.8 Å². The second kappa shape index (κ2) is 7.03. The number of nitrogens with one attached hydrogen (secondary N) is 2. The van der Waals surface area contributed by atoms with Gasteiger partial charge in [-0.25, -0.2) is 4.98 Å². The molecule has 2 N–H and O–H groups in total. The fraction of sp³-hybridized carbons (Fsp3) is 0.0833. The van der Waals surface area contributed by atoms with Crippen LogP contribution in [0.5, 0.6) is 0 Å². The lowest BCUT2D eigenvalue weighted by atomic mass is 10.2. The van der Waals surface area contributed by atoms with Crippen molar-refractivity contribution in [3.8, 4) is 0 Å². The molecule has 0 spiro atoms. The first-order chi connectivity index (χ1) is 16.7. The van der Waals surface area contributed by atoms with Crippen LogP contribution in [0, 0.1) is 0 Å². The molecule has 0 fully saturated rings. The van der Waals surface area contributed by atoms with Crippen LogP contribution in [0.15, 0.2) is 55.2 Å². The van der Waals surface area contributed by atoms with Crippen LogP contribution < -0.4 is 0 Å². The molecule has 164 valence electrons. The van der Waals surface area contributed by atoms with Gasteiger partial charge in [-0.1, -0.05) is 6.92 Å². The highest BCUT2D eigenvalue weighted by molar-refractivity contribution is 7.24. The molecule has 0 saturated heterocycles. The highest BCUT2D eigenvalue weighted by Crippen LogP contribution is 2.30. The van der Waals surface area contributed by atoms with E-state index in [1.165, 1.54) is 11.3 Å². The maximum absolute atomic E-state index is 13.1. The molecule has 0 aliphatic heterocycles. The van der Waals surface area contributed by atoms with Crippen molar-refractivity contribution in [2.24, 2.45) is 0 Å². The van der Waals surface area contributed by atoms with E-state index in [9.17, 15) is 4.79 Å². The summed E-state index contributed by atoms with van der Waals surface area (Å²) in [5, 5.41) is 10.2. The number of pyridine rings is 3. The van der Waals surface area contributed by atoms with E-state index < -0.39 is 0 Å². The zero-order valence-corrected chi connectivity index (χ0v) is 18.7. The zero-order valence-electron chi connectivity index (χ0n) is 17.9. The van der Waals surface area contributed by atoms with E-state index in [2.05, 4.69) is 30.1 Å². The summed E-state index contributed by atoms with van der Waals surface area (Å²) in [7, 11) is 0. The van der Waals surface area contributed by atoms with Gasteiger partial charge >= 0.3 is 0 Å². The second-order valence-corrected chi connectivity index (χ2v) is 9.07. The van der Waals surface area contributed by atoms with Gasteiger partial charge < -0.3 is 4.98 Å². The lowest BCUT2D eigenvalue weighted by Crippen LogP contribution is -2.09. The van der Waals surface area contributed by atoms with Crippen LogP contribution in [0.25, 0.3) is 64.4 Å². The van der Waals surface area contributed by atoms with Gasteiger partial charge in [0.15, 0.2) is 5.65 Å². The maximum atomic E-state index is 13.1. The molecule has 0 atom stereocenters. The van der Waals surface area contributed by atoms with Crippen LogP contribution in [0.3, 0.4) is 0 Å². The smallest absolute Gasteiger partial charge is 0.231 e. The minimum absolute atomic E-state index is 0.0180. The predicted molar refractivity (Wildman–Crippen MR) is 134 cm³/mol. The minimum Gasteiger partial charge on any atom is -0.335 e. The topological polar surface area (TPSA) is 118 Å². The van der Waals surface area contributed by atoms with Crippen molar-refractivity contribution in [1.29, 1.82) is 0 Å². The molecule has 0 radical (unpaired) electrons. The fourth-order valence-corrected chi connectivity index (χ4v) is 5.37. The summed E-state index contributed by atoms with van der Waals surface area (Å²) < 4.78 is 2.68. The summed E-state index contributed by atoms with van der Waals surface area (Å²) in [6.45, 7) is 1.86. The number of H-pyrrole nitrogens is 2. The van der Waals surface area contributed by atoms with E-state index in [4.69, 9.17) is 4.98 Å². The molecule has 0 unspecified atom stereocenters. The lowest BCUT2D eigenvalue weighted by Gasteiger charge is -2.05. The Balaban J connectivity index is 1.79. The Morgan fingerprint density at radius 1 is 1.00 bits per heavy atom. The van der Waals surface area contributed by atoms with Crippen molar-refractivity contribution >= 4 is 81.7 Å². The number of aromatic amines is 2. The van der Waals surface area contributed by atoms with Crippen LogP contribution in [0.4, 0.5) is 0 Å². The molecule has 0 aliphatic rings. The number of hydrogen-bond donors (Lipinski definition) is 2. The Bertz CT molecular complexity index is 1990. The first-order valence-corrected chi connectivity index (χ1v) is 11.6. The number of rotatable bonds is 1. The predicted octanol–water partition coefficient (Wildman–Crippen LogP) is 5.27. The molecule has 10 heteroatoms. The summed E-state index contributed by atoms with van der Waals surface area (Å²) in [6, 6.07) is 7.87. The third-order valence-corrected chi connectivity index (χ3v) is 7.08. The Morgan fingerprint density at radius 2 is 1.91 bits per heavy atom. The highest BCUT2D eigenvalue weighted by atomic mass is 32.1. The van der Waals surface area contributed by atoms with Gasteiger partial charge in [0.25, 0.3) is 0 Å². The molecule has 0 amide bonds. The van der Waals surface area contributed by atoms with Crippen molar-refractivity contribution < 1.29 is 4.79 Å². The zero-order chi connectivity index (χ0) is 22.8. The molecule has 7 aromatic heterocycles. The quantitative estimate of drug-likeness (QED) is 0.341. The minimum atomic E-state index is -0.0180. The van der Waals surface area contributed by atoms with Crippen molar-refractivity contribution in [2.75, 3.05) is 0 Å². The number of fused-ring (bicyclic) bond motifs is 9. The van der Waals surface area contributed by atoms with E-state index in [0.29, 0.717) is 23.1 Å². The summed E-state index contributed by atoms with van der Waals surface area (Å²) in [6.07, 6.45) is 9.14. The van der Waals surface area contributed by atoms with Crippen molar-refractivity contribution in [3.63, 3.8) is 0 Å². The Hall–Kier alpha value is -4.44. The van der Waals surface area contributed by atoms with Gasteiger partial charge in [-0.05, 0) is 24.3 Å². The third-order valence-electron chi connectivity index (χ3n) is 5.97. The molecule has 7 aromatic rings. The number of hydrogen-bond acceptors (Lipinski definition) is 7. The second-order valence-electron chi connectivity index (χ2n) is 8.01. The molecule has 9 nitrogen and oxygen atoms in total. The van der Waals surface area contributed by atoms with Crippen molar-refractivity contribution in [2.45, 2.75) is 13.3 Å². The van der Waals surface area contributed by atoms with E-state index in [-0.39, 0.29) is 5.91 Å². The standard InChI is InChI=1S/C24H16N8OS/c1-2-20(33)32-13-5-12(7-25-8-13)16-6-14-17(11-27-16)30-31-23(14)24-28-18-10-26-9-15(22(18)29-24)19-3-4-21(32)34-19/h3-11H,2H2,1H3,(H,28,29)(H,30,31). The molecular weight excluding hydrogens is 448 g/mol. The maximum Gasteiger partial charge on any atom is 0.231 e. The van der Waals surface area contributed by atoms with Gasteiger partial charge in [-0.15, -0.1) is 11.3 Å². The highest BCUT2D eigenvalue weighted by Gasteiger charge is 2.12. The molecule has 34 heavy (non-hydrogen) atoms. The molecule has 0 aromatic carbocycles. The normalized spacial score (nSPS) is 11.9. The Labute approximate surface area is 194 Å². The molecule has 8 bridgehead atoms. The third kappa shape index (κ3) is 2.72. The average molecular weight is 465 g/mol. The van der Waals surface area contributed by atoms with Crippen LogP contribution in [0.2, 0.25) is 0 Å². The summed E-state index contributed by atoms with van der Waals surface area (Å²) in [4.78, 5) is 35.6.